The van der Waals surface area contributed by atoms with Crippen molar-refractivity contribution in [2.24, 2.45) is 5.92 Å². The maximum Gasteiger partial charge on any atom is 0.253 e. The van der Waals surface area contributed by atoms with Crippen LogP contribution in [0.4, 0.5) is 15.8 Å². The first-order valence-corrected chi connectivity index (χ1v) is 11.3. The van der Waals surface area contributed by atoms with Crippen LogP contribution in [0.3, 0.4) is 0 Å². The second-order valence-corrected chi connectivity index (χ2v) is 8.73. The highest BCUT2D eigenvalue weighted by Gasteiger charge is 2.29. The van der Waals surface area contributed by atoms with Gasteiger partial charge in [0.05, 0.1) is 17.3 Å². The molecule has 7 heteroatoms. The summed E-state index contributed by atoms with van der Waals surface area (Å²) >= 11 is 6.22. The summed E-state index contributed by atoms with van der Waals surface area (Å²) in [4.78, 5) is 29.9. The molecule has 2 aliphatic heterocycles. The third-order valence-electron chi connectivity index (χ3n) is 6.08. The molecule has 2 fully saturated rings. The predicted molar refractivity (Wildman–Crippen MR) is 121 cm³/mol. The van der Waals surface area contributed by atoms with Crippen LogP contribution in [0, 0.1) is 11.7 Å². The molecule has 0 aromatic heterocycles. The number of nitrogens with one attached hydrogen (secondary N) is 1. The number of hydrogen-bond donors (Lipinski definition) is 1. The molecule has 2 aromatic rings. The second-order valence-electron chi connectivity index (χ2n) is 8.30. The van der Waals surface area contributed by atoms with Crippen molar-refractivity contribution in [2.75, 3.05) is 36.4 Å². The Morgan fingerprint density at radius 1 is 0.968 bits per heavy atom. The van der Waals surface area contributed by atoms with Crippen LogP contribution in [0.5, 0.6) is 0 Å². The lowest BCUT2D eigenvalue weighted by atomic mass is 9.96. The number of hydrogen-bond acceptors (Lipinski definition) is 3. The molecule has 1 atom stereocenters. The van der Waals surface area contributed by atoms with Gasteiger partial charge in [0, 0.05) is 36.8 Å². The molecule has 0 bridgehead atoms. The quantitative estimate of drug-likeness (QED) is 0.726. The van der Waals surface area contributed by atoms with Crippen LogP contribution in [-0.4, -0.2) is 42.9 Å². The molecule has 2 saturated heterocycles. The van der Waals surface area contributed by atoms with Gasteiger partial charge in [0.2, 0.25) is 5.91 Å². The van der Waals surface area contributed by atoms with E-state index in [1.807, 2.05) is 12.1 Å². The highest BCUT2D eigenvalue weighted by molar-refractivity contribution is 6.31. The summed E-state index contributed by atoms with van der Waals surface area (Å²) in [5, 5.41) is 3.65. The highest BCUT2D eigenvalue weighted by Crippen LogP contribution is 2.32. The van der Waals surface area contributed by atoms with Gasteiger partial charge in [-0.25, -0.2) is 4.39 Å². The summed E-state index contributed by atoms with van der Waals surface area (Å²) in [5.74, 6) is -0.948. The lowest BCUT2D eigenvalue weighted by molar-refractivity contribution is -0.121. The van der Waals surface area contributed by atoms with Gasteiger partial charge < -0.3 is 15.1 Å². The fourth-order valence-corrected chi connectivity index (χ4v) is 4.58. The highest BCUT2D eigenvalue weighted by atomic mass is 35.5. The van der Waals surface area contributed by atoms with Gasteiger partial charge in [-0.3, -0.25) is 9.59 Å². The monoisotopic (exact) mass is 443 g/mol. The molecule has 0 radical (unpaired) electrons. The number of amides is 2. The van der Waals surface area contributed by atoms with Gasteiger partial charge >= 0.3 is 0 Å². The van der Waals surface area contributed by atoms with Gasteiger partial charge in [-0.05, 0) is 74.6 Å². The Labute approximate surface area is 187 Å². The average molecular weight is 444 g/mol. The molecule has 5 nitrogen and oxygen atoms in total. The number of halogens is 2. The first-order chi connectivity index (χ1) is 15.0. The molecule has 0 spiro atoms. The number of carbonyl (C=O) groups is 2. The van der Waals surface area contributed by atoms with Crippen LogP contribution < -0.4 is 10.2 Å². The van der Waals surface area contributed by atoms with Crippen LogP contribution in [0.1, 0.15) is 42.5 Å². The molecule has 31 heavy (non-hydrogen) atoms. The third-order valence-corrected chi connectivity index (χ3v) is 6.32. The van der Waals surface area contributed by atoms with Gasteiger partial charge in [-0.1, -0.05) is 11.6 Å². The van der Waals surface area contributed by atoms with E-state index in [9.17, 15) is 14.0 Å². The molecule has 2 heterocycles. The van der Waals surface area contributed by atoms with Crippen molar-refractivity contribution in [1.29, 1.82) is 0 Å². The Bertz CT molecular complexity index is 944. The largest absolute Gasteiger partial charge is 0.370 e. The van der Waals surface area contributed by atoms with Crippen LogP contribution >= 0.6 is 11.6 Å². The lowest BCUT2D eigenvalue weighted by Crippen LogP contribution is -2.44. The molecule has 4 rings (SSSR count). The molecular weight excluding hydrogens is 417 g/mol. The first-order valence-electron chi connectivity index (χ1n) is 10.9. The first kappa shape index (κ1) is 21.6. The Morgan fingerprint density at radius 3 is 2.45 bits per heavy atom. The van der Waals surface area contributed by atoms with E-state index in [-0.39, 0.29) is 23.5 Å². The van der Waals surface area contributed by atoms with Crippen molar-refractivity contribution in [2.45, 2.75) is 32.1 Å². The molecule has 2 amide bonds. The Morgan fingerprint density at radius 2 is 1.71 bits per heavy atom. The minimum absolute atomic E-state index is 0.0999. The number of piperidine rings is 2. The summed E-state index contributed by atoms with van der Waals surface area (Å²) in [6.07, 6.45) is 4.97. The van der Waals surface area contributed by atoms with Crippen LogP contribution in [0.15, 0.2) is 42.5 Å². The van der Waals surface area contributed by atoms with E-state index in [2.05, 4.69) is 10.2 Å². The molecule has 2 aromatic carbocycles. The molecular formula is C24H27ClFN3O2. The fourth-order valence-electron chi connectivity index (χ4n) is 4.40. The average Bonchev–Trinajstić information content (AvgIpc) is 2.80. The normalized spacial score (nSPS) is 19.2. The van der Waals surface area contributed by atoms with Crippen LogP contribution in [0.2, 0.25) is 5.02 Å². The van der Waals surface area contributed by atoms with Gasteiger partial charge in [-0.15, -0.1) is 0 Å². The zero-order valence-electron chi connectivity index (χ0n) is 17.4. The Kier molecular flexibility index (Phi) is 6.76. The molecule has 0 saturated carbocycles. The van der Waals surface area contributed by atoms with Crippen LogP contribution in [0.25, 0.3) is 0 Å². The van der Waals surface area contributed by atoms with Gasteiger partial charge in [-0.2, -0.15) is 0 Å². The summed E-state index contributed by atoms with van der Waals surface area (Å²) in [5.41, 5.74) is 2.15. The van der Waals surface area contributed by atoms with Crippen molar-refractivity contribution < 1.29 is 14.0 Å². The van der Waals surface area contributed by atoms with Crippen molar-refractivity contribution in [3.05, 3.63) is 58.9 Å². The van der Waals surface area contributed by atoms with Gasteiger partial charge in [0.15, 0.2) is 0 Å². The van der Waals surface area contributed by atoms with Gasteiger partial charge in [0.1, 0.15) is 5.82 Å². The van der Waals surface area contributed by atoms with E-state index in [0.717, 1.165) is 50.1 Å². The van der Waals surface area contributed by atoms with E-state index in [1.54, 1.807) is 11.0 Å². The predicted octanol–water partition coefficient (Wildman–Crippen LogP) is 4.96. The van der Waals surface area contributed by atoms with E-state index < -0.39 is 0 Å². The summed E-state index contributed by atoms with van der Waals surface area (Å²) in [6, 6.07) is 11.1. The topological polar surface area (TPSA) is 52.7 Å². The van der Waals surface area contributed by atoms with E-state index in [0.29, 0.717) is 23.7 Å². The number of rotatable bonds is 4. The number of benzene rings is 2. The summed E-state index contributed by atoms with van der Waals surface area (Å²) < 4.78 is 13.2. The number of anilines is 2. The summed E-state index contributed by atoms with van der Waals surface area (Å²) in [7, 11) is 0. The molecule has 1 unspecified atom stereocenters. The van der Waals surface area contributed by atoms with Crippen molar-refractivity contribution in [3.63, 3.8) is 0 Å². The second kappa shape index (κ2) is 9.69. The Hall–Kier alpha value is -2.60. The number of carbonyl (C=O) groups excluding carboxylic acids is 2. The molecule has 0 aliphatic carbocycles. The number of nitrogens with zero attached hydrogens (tertiary/aromatic N) is 2. The van der Waals surface area contributed by atoms with Crippen LogP contribution in [-0.2, 0) is 4.79 Å². The van der Waals surface area contributed by atoms with Gasteiger partial charge in [0.25, 0.3) is 5.91 Å². The van der Waals surface area contributed by atoms with Crippen molar-refractivity contribution in [3.8, 4) is 0 Å². The summed E-state index contributed by atoms with van der Waals surface area (Å²) in [6.45, 7) is 2.87. The third kappa shape index (κ3) is 5.18. The Balaban J connectivity index is 1.45. The number of likely N-dealkylation sites (tertiary alicyclic amines) is 1. The maximum atomic E-state index is 13.2. The SMILES string of the molecule is O=C(Nc1cc(Cl)ccc1N1CCCCC1)C1CCCN(C(=O)c2ccc(F)cc2)C1. The standard InChI is InChI=1S/C24H27ClFN3O2/c25-19-8-11-22(28-12-2-1-3-13-28)21(15-19)27-23(30)18-5-4-14-29(16-18)24(31)17-6-9-20(26)10-7-17/h6-11,15,18H,1-5,12-14,16H2,(H,27,30). The van der Waals surface area contributed by atoms with Crippen molar-refractivity contribution in [1.82, 2.24) is 4.90 Å². The smallest absolute Gasteiger partial charge is 0.253 e. The minimum Gasteiger partial charge on any atom is -0.370 e. The molecule has 164 valence electrons. The fraction of sp³-hybridized carbons (Fsp3) is 0.417. The zero-order chi connectivity index (χ0) is 21.8. The zero-order valence-corrected chi connectivity index (χ0v) is 18.2. The lowest BCUT2D eigenvalue weighted by Gasteiger charge is -2.33. The van der Waals surface area contributed by atoms with E-state index in [4.69, 9.17) is 11.6 Å². The van der Waals surface area contributed by atoms with Crippen molar-refractivity contribution >= 4 is 34.8 Å². The molecule has 2 aliphatic rings. The van der Waals surface area contributed by atoms with E-state index >= 15 is 0 Å². The van der Waals surface area contributed by atoms with E-state index in [1.165, 1.54) is 30.7 Å². The maximum absolute atomic E-state index is 13.2. The minimum atomic E-state index is -0.376. The molecule has 1 N–H and O–H groups in total.